The monoisotopic (exact) mass is 329 g/mol. The molecule has 0 aliphatic rings. The van der Waals surface area contributed by atoms with E-state index >= 15 is 0 Å². The van der Waals surface area contributed by atoms with Gasteiger partial charge < -0.3 is 16.5 Å². The van der Waals surface area contributed by atoms with Crippen LogP contribution in [0.25, 0.3) is 10.9 Å². The van der Waals surface area contributed by atoms with Crippen molar-refractivity contribution in [2.75, 3.05) is 0 Å². The van der Waals surface area contributed by atoms with Gasteiger partial charge in [0, 0.05) is 28.2 Å². The molecule has 0 atom stereocenters. The lowest BCUT2D eigenvalue weighted by Gasteiger charge is -2.07. The van der Waals surface area contributed by atoms with Crippen molar-refractivity contribution in [1.29, 1.82) is 0 Å². The molecule has 0 aliphatic carbocycles. The first-order valence-electron chi connectivity index (χ1n) is 6.75. The molecular formula is C16H13ClFN5. The molecule has 0 unspecified atom stereocenters. The standard InChI is InChI=1S/C16H13ClFN5/c17-14-10(5-3-6-12(14)18)15(22-23-16(19)20)11-8-21-13-7-2-1-4-9(11)13/h1-8,21H,(H4,19,20,23). The first kappa shape index (κ1) is 15.1. The average molecular weight is 330 g/mol. The van der Waals surface area contributed by atoms with Crippen LogP contribution >= 0.6 is 11.6 Å². The first-order chi connectivity index (χ1) is 11.1. The fourth-order valence-corrected chi connectivity index (χ4v) is 2.53. The molecule has 5 nitrogen and oxygen atoms in total. The molecule has 1 aromatic heterocycles. The second-order valence-electron chi connectivity index (χ2n) is 4.82. The summed E-state index contributed by atoms with van der Waals surface area (Å²) in [5.74, 6) is -0.740. The molecule has 0 saturated carbocycles. The van der Waals surface area contributed by atoms with E-state index in [1.807, 2.05) is 24.3 Å². The number of halogens is 2. The van der Waals surface area contributed by atoms with Crippen LogP contribution in [0.5, 0.6) is 0 Å². The third-order valence-electron chi connectivity index (χ3n) is 3.32. The van der Waals surface area contributed by atoms with Crippen LogP contribution in [-0.4, -0.2) is 16.7 Å². The van der Waals surface area contributed by atoms with Crippen molar-refractivity contribution in [3.8, 4) is 0 Å². The minimum absolute atomic E-state index is 0.0395. The van der Waals surface area contributed by atoms with Crippen LogP contribution in [-0.2, 0) is 0 Å². The number of guanidine groups is 1. The molecule has 0 fully saturated rings. The van der Waals surface area contributed by atoms with E-state index in [1.165, 1.54) is 6.07 Å². The van der Waals surface area contributed by atoms with Gasteiger partial charge in [-0.15, -0.1) is 10.2 Å². The summed E-state index contributed by atoms with van der Waals surface area (Å²) in [6, 6.07) is 12.1. The molecule has 5 N–H and O–H groups in total. The average Bonchev–Trinajstić information content (AvgIpc) is 2.95. The van der Waals surface area contributed by atoms with Crippen LogP contribution in [0.1, 0.15) is 11.1 Å². The molecule has 2 aromatic carbocycles. The third kappa shape index (κ3) is 2.89. The zero-order valence-electron chi connectivity index (χ0n) is 11.9. The highest BCUT2D eigenvalue weighted by Gasteiger charge is 2.17. The van der Waals surface area contributed by atoms with Crippen molar-refractivity contribution in [1.82, 2.24) is 4.98 Å². The lowest BCUT2D eigenvalue weighted by Crippen LogP contribution is -2.22. The van der Waals surface area contributed by atoms with Gasteiger partial charge >= 0.3 is 0 Å². The molecule has 3 aromatic rings. The minimum atomic E-state index is -0.540. The van der Waals surface area contributed by atoms with Crippen molar-refractivity contribution in [3.05, 3.63) is 70.6 Å². The number of rotatable bonds is 3. The van der Waals surface area contributed by atoms with E-state index in [0.717, 1.165) is 16.5 Å². The maximum absolute atomic E-state index is 13.8. The molecular weight excluding hydrogens is 317 g/mol. The van der Waals surface area contributed by atoms with Crippen molar-refractivity contribution < 1.29 is 4.39 Å². The Hall–Kier alpha value is -2.86. The number of aromatic amines is 1. The van der Waals surface area contributed by atoms with E-state index in [4.69, 9.17) is 23.1 Å². The Bertz CT molecular complexity index is 925. The fourth-order valence-electron chi connectivity index (χ4n) is 2.31. The van der Waals surface area contributed by atoms with E-state index in [0.29, 0.717) is 11.3 Å². The number of benzene rings is 2. The van der Waals surface area contributed by atoms with Gasteiger partial charge in [0.15, 0.2) is 0 Å². The van der Waals surface area contributed by atoms with Gasteiger partial charge in [0.05, 0.1) is 5.02 Å². The topological polar surface area (TPSA) is 92.6 Å². The molecule has 1 heterocycles. The summed E-state index contributed by atoms with van der Waals surface area (Å²) in [6.07, 6.45) is 1.76. The van der Waals surface area contributed by atoms with Crippen LogP contribution in [0, 0.1) is 5.82 Å². The van der Waals surface area contributed by atoms with Gasteiger partial charge in [-0.3, -0.25) is 0 Å². The highest BCUT2D eigenvalue weighted by atomic mass is 35.5. The third-order valence-corrected chi connectivity index (χ3v) is 3.70. The molecule has 0 amide bonds. The number of hydrogen-bond acceptors (Lipinski definition) is 2. The lowest BCUT2D eigenvalue weighted by atomic mass is 10.0. The van der Waals surface area contributed by atoms with E-state index < -0.39 is 5.82 Å². The molecule has 116 valence electrons. The van der Waals surface area contributed by atoms with E-state index in [9.17, 15) is 4.39 Å². The Labute approximate surface area is 136 Å². The summed E-state index contributed by atoms with van der Waals surface area (Å²) in [6.45, 7) is 0. The van der Waals surface area contributed by atoms with Gasteiger partial charge in [0.25, 0.3) is 0 Å². The van der Waals surface area contributed by atoms with Crippen LogP contribution in [0.3, 0.4) is 0 Å². The highest BCUT2D eigenvalue weighted by Crippen LogP contribution is 2.27. The summed E-state index contributed by atoms with van der Waals surface area (Å²) in [5, 5.41) is 8.63. The Morgan fingerprint density at radius 2 is 1.78 bits per heavy atom. The van der Waals surface area contributed by atoms with Gasteiger partial charge in [-0.2, -0.15) is 0 Å². The smallest absolute Gasteiger partial charge is 0.211 e. The molecule has 0 saturated heterocycles. The Balaban J connectivity index is 2.27. The van der Waals surface area contributed by atoms with Gasteiger partial charge in [-0.25, -0.2) is 4.39 Å². The lowest BCUT2D eigenvalue weighted by molar-refractivity contribution is 0.628. The number of hydrogen-bond donors (Lipinski definition) is 3. The number of H-pyrrole nitrogens is 1. The summed E-state index contributed by atoms with van der Waals surface area (Å²) >= 11 is 6.09. The van der Waals surface area contributed by atoms with Crippen LogP contribution < -0.4 is 11.5 Å². The van der Waals surface area contributed by atoms with Crippen LogP contribution in [0.2, 0.25) is 5.02 Å². The normalized spacial score (nSPS) is 11.7. The largest absolute Gasteiger partial charge is 0.369 e. The molecule has 0 radical (unpaired) electrons. The zero-order chi connectivity index (χ0) is 16.4. The summed E-state index contributed by atoms with van der Waals surface area (Å²) in [4.78, 5) is 3.13. The predicted octanol–water partition coefficient (Wildman–Crippen LogP) is 2.99. The van der Waals surface area contributed by atoms with Gasteiger partial charge in [0.1, 0.15) is 11.5 Å². The highest BCUT2D eigenvalue weighted by molar-refractivity contribution is 6.36. The molecule has 0 bridgehead atoms. The quantitative estimate of drug-likeness (QED) is 0.391. The fraction of sp³-hybridized carbons (Fsp3) is 0. The maximum Gasteiger partial charge on any atom is 0.211 e. The zero-order valence-corrected chi connectivity index (χ0v) is 12.7. The molecule has 0 spiro atoms. The number of aromatic nitrogens is 1. The van der Waals surface area contributed by atoms with E-state index in [2.05, 4.69) is 15.2 Å². The SMILES string of the molecule is NC(N)=NN=C(c1cccc(F)c1Cl)c1c[nH]c2ccccc12. The number of fused-ring (bicyclic) bond motifs is 1. The minimum Gasteiger partial charge on any atom is -0.369 e. The van der Waals surface area contributed by atoms with Gasteiger partial charge in [-0.1, -0.05) is 41.9 Å². The second-order valence-corrected chi connectivity index (χ2v) is 5.20. The number of nitrogens with two attached hydrogens (primary N) is 2. The first-order valence-corrected chi connectivity index (χ1v) is 7.13. The molecule has 23 heavy (non-hydrogen) atoms. The number of nitrogens with zero attached hydrogens (tertiary/aromatic N) is 2. The summed E-state index contributed by atoms with van der Waals surface area (Å²) in [7, 11) is 0. The predicted molar refractivity (Wildman–Crippen MR) is 91.2 cm³/mol. The van der Waals surface area contributed by atoms with Crippen molar-refractivity contribution >= 4 is 34.2 Å². The molecule has 3 rings (SSSR count). The Kier molecular flexibility index (Phi) is 3.99. The summed E-state index contributed by atoms with van der Waals surface area (Å²) in [5.41, 5.74) is 13.1. The van der Waals surface area contributed by atoms with Crippen molar-refractivity contribution in [2.24, 2.45) is 21.7 Å². The Morgan fingerprint density at radius 3 is 2.57 bits per heavy atom. The molecule has 7 heteroatoms. The maximum atomic E-state index is 13.8. The van der Waals surface area contributed by atoms with Gasteiger partial charge in [0.2, 0.25) is 5.96 Å². The van der Waals surface area contributed by atoms with E-state index in [1.54, 1.807) is 18.3 Å². The summed E-state index contributed by atoms with van der Waals surface area (Å²) < 4.78 is 13.8. The van der Waals surface area contributed by atoms with Crippen LogP contribution in [0.4, 0.5) is 4.39 Å². The molecule has 0 aliphatic heterocycles. The number of para-hydroxylation sites is 1. The van der Waals surface area contributed by atoms with E-state index in [-0.39, 0.29) is 11.0 Å². The number of nitrogens with one attached hydrogen (secondary N) is 1. The van der Waals surface area contributed by atoms with Crippen LogP contribution in [0.15, 0.2) is 58.9 Å². The Morgan fingerprint density at radius 1 is 1.00 bits per heavy atom. The van der Waals surface area contributed by atoms with Crippen molar-refractivity contribution in [3.63, 3.8) is 0 Å². The van der Waals surface area contributed by atoms with Gasteiger partial charge in [-0.05, 0) is 12.1 Å². The van der Waals surface area contributed by atoms with Crippen molar-refractivity contribution in [2.45, 2.75) is 0 Å². The second kappa shape index (κ2) is 6.10.